The maximum Gasteiger partial charge on any atom is 0.118 e. The Labute approximate surface area is 90.1 Å². The molecule has 0 fully saturated rings. The van der Waals surface area contributed by atoms with Crippen molar-refractivity contribution in [3.05, 3.63) is 29.8 Å². The molecule has 1 atom stereocenters. The van der Waals surface area contributed by atoms with Gasteiger partial charge in [0.25, 0.3) is 0 Å². The smallest absolute Gasteiger partial charge is 0.118 e. The highest BCUT2D eigenvalue weighted by Gasteiger charge is 2.05. The normalized spacial score (nSPS) is 12.1. The van der Waals surface area contributed by atoms with Crippen molar-refractivity contribution in [2.45, 2.75) is 13.3 Å². The molecule has 2 nitrogen and oxygen atoms in total. The molecular weight excluding hydrogens is 194 g/mol. The minimum atomic E-state index is 0.249. The highest BCUT2D eigenvalue weighted by Crippen LogP contribution is 2.14. The highest BCUT2D eigenvalue weighted by molar-refractivity contribution is 7.80. The zero-order chi connectivity index (χ0) is 10.6. The molecule has 2 N–H and O–H groups in total. The Kier molecular flexibility index (Phi) is 3.89. The van der Waals surface area contributed by atoms with E-state index in [1.165, 1.54) is 5.56 Å². The number of ether oxygens (including phenoxy) is 1. The van der Waals surface area contributed by atoms with Gasteiger partial charge in [-0.05, 0) is 24.1 Å². The Bertz CT molecular complexity index is 308. The molecule has 0 bridgehead atoms. The lowest BCUT2D eigenvalue weighted by molar-refractivity contribution is 0.414. The van der Waals surface area contributed by atoms with Crippen LogP contribution in [-0.2, 0) is 6.42 Å². The lowest BCUT2D eigenvalue weighted by Crippen LogP contribution is -2.20. The quantitative estimate of drug-likeness (QED) is 0.772. The molecule has 3 heteroatoms. The molecule has 0 radical (unpaired) electrons. The number of methoxy groups -OCH3 is 1. The van der Waals surface area contributed by atoms with Gasteiger partial charge in [-0.2, -0.15) is 0 Å². The van der Waals surface area contributed by atoms with Crippen LogP contribution in [0.15, 0.2) is 24.3 Å². The largest absolute Gasteiger partial charge is 0.497 e. The maximum atomic E-state index is 5.55. The average molecular weight is 209 g/mol. The molecule has 1 aromatic rings. The summed E-state index contributed by atoms with van der Waals surface area (Å²) in [6.07, 6.45) is 0.888. The van der Waals surface area contributed by atoms with Crippen LogP contribution in [0.25, 0.3) is 0 Å². The summed E-state index contributed by atoms with van der Waals surface area (Å²) in [6, 6.07) is 7.96. The fraction of sp³-hybridized carbons (Fsp3) is 0.364. The van der Waals surface area contributed by atoms with Crippen LogP contribution in [0.2, 0.25) is 0 Å². The molecule has 1 rings (SSSR count). The minimum absolute atomic E-state index is 0.249. The summed E-state index contributed by atoms with van der Waals surface area (Å²) in [7, 11) is 1.66. The molecule has 14 heavy (non-hydrogen) atoms. The van der Waals surface area contributed by atoms with Crippen molar-refractivity contribution >= 4 is 17.2 Å². The van der Waals surface area contributed by atoms with Crippen LogP contribution in [-0.4, -0.2) is 12.1 Å². The third-order valence-corrected chi connectivity index (χ3v) is 2.59. The van der Waals surface area contributed by atoms with E-state index >= 15 is 0 Å². The van der Waals surface area contributed by atoms with E-state index in [1.54, 1.807) is 7.11 Å². The number of benzene rings is 1. The molecule has 1 aromatic carbocycles. The van der Waals surface area contributed by atoms with E-state index in [0.29, 0.717) is 4.99 Å². The SMILES string of the molecule is COc1ccc(CC(C)C(N)=S)cc1. The predicted octanol–water partition coefficient (Wildman–Crippen LogP) is 2.16. The monoisotopic (exact) mass is 209 g/mol. The Morgan fingerprint density at radius 2 is 2.00 bits per heavy atom. The van der Waals surface area contributed by atoms with E-state index in [4.69, 9.17) is 22.7 Å². The summed E-state index contributed by atoms with van der Waals surface area (Å²) in [5.41, 5.74) is 6.77. The van der Waals surface area contributed by atoms with E-state index in [-0.39, 0.29) is 5.92 Å². The van der Waals surface area contributed by atoms with Gasteiger partial charge in [0.15, 0.2) is 0 Å². The second-order valence-corrected chi connectivity index (χ2v) is 3.83. The summed E-state index contributed by atoms with van der Waals surface area (Å²) in [5.74, 6) is 1.12. The second-order valence-electron chi connectivity index (χ2n) is 3.36. The first kappa shape index (κ1) is 11.0. The molecule has 1 unspecified atom stereocenters. The van der Waals surface area contributed by atoms with Crippen molar-refractivity contribution in [3.8, 4) is 5.75 Å². The van der Waals surface area contributed by atoms with Crippen LogP contribution in [0.4, 0.5) is 0 Å². The molecular formula is C11H15NOS. The van der Waals surface area contributed by atoms with Crippen molar-refractivity contribution in [3.63, 3.8) is 0 Å². The predicted molar refractivity (Wildman–Crippen MR) is 62.6 cm³/mol. The summed E-state index contributed by atoms with van der Waals surface area (Å²) in [6.45, 7) is 2.03. The molecule has 0 aliphatic heterocycles. The van der Waals surface area contributed by atoms with Gasteiger partial charge in [0.2, 0.25) is 0 Å². The zero-order valence-corrected chi connectivity index (χ0v) is 9.30. The van der Waals surface area contributed by atoms with Crippen LogP contribution in [0.3, 0.4) is 0 Å². The van der Waals surface area contributed by atoms with Gasteiger partial charge in [0, 0.05) is 5.92 Å². The number of rotatable bonds is 4. The van der Waals surface area contributed by atoms with Crippen LogP contribution >= 0.6 is 12.2 Å². The van der Waals surface area contributed by atoms with Gasteiger partial charge in [-0.3, -0.25) is 0 Å². The molecule has 0 aliphatic rings. The van der Waals surface area contributed by atoms with Crippen LogP contribution in [0, 0.1) is 5.92 Å². The van der Waals surface area contributed by atoms with E-state index in [0.717, 1.165) is 12.2 Å². The van der Waals surface area contributed by atoms with Gasteiger partial charge < -0.3 is 10.5 Å². The first-order valence-corrected chi connectivity index (χ1v) is 4.96. The lowest BCUT2D eigenvalue weighted by atomic mass is 10.0. The second kappa shape index (κ2) is 4.96. The van der Waals surface area contributed by atoms with E-state index < -0.39 is 0 Å². The first-order valence-electron chi connectivity index (χ1n) is 4.55. The van der Waals surface area contributed by atoms with Gasteiger partial charge in [-0.25, -0.2) is 0 Å². The third-order valence-electron chi connectivity index (χ3n) is 2.19. The maximum absolute atomic E-state index is 5.55. The van der Waals surface area contributed by atoms with Gasteiger partial charge in [-0.1, -0.05) is 31.3 Å². The van der Waals surface area contributed by atoms with Crippen LogP contribution in [0.5, 0.6) is 5.75 Å². The van der Waals surface area contributed by atoms with Gasteiger partial charge in [-0.15, -0.1) is 0 Å². The molecule has 0 amide bonds. The molecule has 0 spiro atoms. The molecule has 0 aromatic heterocycles. The Morgan fingerprint density at radius 3 is 2.43 bits per heavy atom. The van der Waals surface area contributed by atoms with Gasteiger partial charge >= 0.3 is 0 Å². The Balaban J connectivity index is 2.64. The topological polar surface area (TPSA) is 35.2 Å². The molecule has 0 heterocycles. The highest BCUT2D eigenvalue weighted by atomic mass is 32.1. The fourth-order valence-corrected chi connectivity index (χ4v) is 1.30. The van der Waals surface area contributed by atoms with E-state index in [9.17, 15) is 0 Å². The fourth-order valence-electron chi connectivity index (χ4n) is 1.22. The minimum Gasteiger partial charge on any atom is -0.497 e. The summed E-state index contributed by atoms with van der Waals surface area (Å²) >= 11 is 4.92. The average Bonchev–Trinajstić information content (AvgIpc) is 2.19. The van der Waals surface area contributed by atoms with Crippen molar-refractivity contribution in [1.82, 2.24) is 0 Å². The first-order chi connectivity index (χ1) is 6.63. The van der Waals surface area contributed by atoms with Crippen molar-refractivity contribution in [2.24, 2.45) is 11.7 Å². The summed E-state index contributed by atoms with van der Waals surface area (Å²) in [5, 5.41) is 0. The molecule has 0 saturated carbocycles. The van der Waals surface area contributed by atoms with Crippen LogP contribution in [0.1, 0.15) is 12.5 Å². The number of nitrogens with two attached hydrogens (primary N) is 1. The number of thiocarbonyl (C=S) groups is 1. The zero-order valence-electron chi connectivity index (χ0n) is 8.49. The Morgan fingerprint density at radius 1 is 1.43 bits per heavy atom. The Hall–Kier alpha value is -1.09. The van der Waals surface area contributed by atoms with Crippen molar-refractivity contribution < 1.29 is 4.74 Å². The van der Waals surface area contributed by atoms with Crippen molar-refractivity contribution in [2.75, 3.05) is 7.11 Å². The van der Waals surface area contributed by atoms with E-state index in [2.05, 4.69) is 0 Å². The molecule has 0 saturated heterocycles. The van der Waals surface area contributed by atoms with Crippen LogP contribution < -0.4 is 10.5 Å². The van der Waals surface area contributed by atoms with Gasteiger partial charge in [0.05, 0.1) is 12.1 Å². The van der Waals surface area contributed by atoms with Crippen molar-refractivity contribution in [1.29, 1.82) is 0 Å². The lowest BCUT2D eigenvalue weighted by Gasteiger charge is -2.09. The molecule has 0 aliphatic carbocycles. The van der Waals surface area contributed by atoms with Gasteiger partial charge in [0.1, 0.15) is 5.75 Å². The number of hydrogen-bond acceptors (Lipinski definition) is 2. The summed E-state index contributed by atoms with van der Waals surface area (Å²) in [4.78, 5) is 0.570. The van der Waals surface area contributed by atoms with E-state index in [1.807, 2.05) is 31.2 Å². The third kappa shape index (κ3) is 3.00. The number of hydrogen-bond donors (Lipinski definition) is 1. The molecule has 76 valence electrons. The standard InChI is InChI=1S/C11H15NOS/c1-8(11(12)14)7-9-3-5-10(13-2)6-4-9/h3-6,8H,7H2,1-2H3,(H2,12,14). The summed E-state index contributed by atoms with van der Waals surface area (Å²) < 4.78 is 5.07.